The van der Waals surface area contributed by atoms with Gasteiger partial charge in [-0.15, -0.1) is 0 Å². The number of halogens is 5. The number of hydrogen-bond acceptors (Lipinski definition) is 3. The summed E-state index contributed by atoms with van der Waals surface area (Å²) in [5, 5.41) is 2.24. The second-order valence-electron chi connectivity index (χ2n) is 5.64. The van der Waals surface area contributed by atoms with Crippen LogP contribution in [-0.2, 0) is 17.1 Å². The molecule has 6 nitrogen and oxygen atoms in total. The number of nitrogens with zero attached hydrogens (tertiary/aromatic N) is 1. The van der Waals surface area contributed by atoms with Crippen LogP contribution < -0.4 is 10.0 Å². The Bertz CT molecular complexity index is 970. The van der Waals surface area contributed by atoms with Gasteiger partial charge in [0.2, 0.25) is 10.0 Å². The highest BCUT2D eigenvalue weighted by Crippen LogP contribution is 2.23. The predicted molar refractivity (Wildman–Crippen MR) is 85.6 cm³/mol. The van der Waals surface area contributed by atoms with E-state index in [1.165, 1.54) is 11.8 Å². The largest absolute Gasteiger partial charge is 0.404 e. The topological polar surface area (TPSA) is 80.2 Å². The van der Waals surface area contributed by atoms with Gasteiger partial charge in [0, 0.05) is 25.0 Å². The van der Waals surface area contributed by atoms with Crippen molar-refractivity contribution >= 4 is 21.6 Å². The van der Waals surface area contributed by atoms with Crippen molar-refractivity contribution in [1.29, 1.82) is 0 Å². The highest BCUT2D eigenvalue weighted by molar-refractivity contribution is 7.89. The van der Waals surface area contributed by atoms with E-state index in [1.807, 2.05) is 0 Å². The summed E-state index contributed by atoms with van der Waals surface area (Å²) in [6.45, 7) is 0.636. The third-order valence-electron chi connectivity index (χ3n) is 3.52. The van der Waals surface area contributed by atoms with Crippen molar-refractivity contribution in [3.63, 3.8) is 0 Å². The van der Waals surface area contributed by atoms with Crippen LogP contribution in [-0.4, -0.2) is 31.1 Å². The summed E-state index contributed by atoms with van der Waals surface area (Å²) in [4.78, 5) is 11.7. The molecule has 0 fully saturated rings. The lowest BCUT2D eigenvalue weighted by atomic mass is 10.3. The van der Waals surface area contributed by atoms with Crippen molar-refractivity contribution in [1.82, 2.24) is 9.29 Å². The van der Waals surface area contributed by atoms with Gasteiger partial charge in [0.25, 0.3) is 5.91 Å². The number of sulfonamides is 1. The van der Waals surface area contributed by atoms with Gasteiger partial charge in [-0.25, -0.2) is 17.2 Å². The van der Waals surface area contributed by atoms with E-state index < -0.39 is 44.7 Å². The number of anilines is 1. The molecule has 1 aromatic carbocycles. The van der Waals surface area contributed by atoms with Crippen LogP contribution >= 0.6 is 0 Å². The molecule has 27 heavy (non-hydrogen) atoms. The highest BCUT2D eigenvalue weighted by atomic mass is 32.2. The molecule has 1 unspecified atom stereocenters. The maximum Gasteiger partial charge on any atom is 0.404 e. The summed E-state index contributed by atoms with van der Waals surface area (Å²) < 4.78 is 90.4. The van der Waals surface area contributed by atoms with Gasteiger partial charge in [-0.05, 0) is 25.1 Å². The van der Waals surface area contributed by atoms with E-state index in [0.717, 1.165) is 35.0 Å². The van der Waals surface area contributed by atoms with Crippen LogP contribution in [0.5, 0.6) is 0 Å². The zero-order valence-electron chi connectivity index (χ0n) is 13.9. The van der Waals surface area contributed by atoms with Gasteiger partial charge >= 0.3 is 6.18 Å². The second kappa shape index (κ2) is 7.27. The fraction of sp³-hybridized carbons (Fsp3) is 0.267. The number of amides is 1. The number of alkyl halides is 3. The van der Waals surface area contributed by atoms with Crippen LogP contribution in [0.4, 0.5) is 27.6 Å². The van der Waals surface area contributed by atoms with E-state index in [9.17, 15) is 35.2 Å². The van der Waals surface area contributed by atoms with Crippen LogP contribution in [0.1, 0.15) is 17.4 Å². The Morgan fingerprint density at radius 1 is 1.15 bits per heavy atom. The zero-order valence-corrected chi connectivity index (χ0v) is 14.8. The standard InChI is InChI=1S/C15H14F5N3O3S/c1-8(15(18,19)20)22-27(25,26)10-6-13(23(2)7-10)14(24)21-9-3-4-11(16)12(17)5-9/h3-8,22H,1-2H3,(H,21,24). The van der Waals surface area contributed by atoms with Crippen molar-refractivity contribution in [2.45, 2.75) is 24.0 Å². The summed E-state index contributed by atoms with van der Waals surface area (Å²) in [7, 11) is -3.25. The first-order valence-corrected chi connectivity index (χ1v) is 8.81. The highest BCUT2D eigenvalue weighted by Gasteiger charge is 2.39. The fourth-order valence-electron chi connectivity index (χ4n) is 2.04. The van der Waals surface area contributed by atoms with Crippen LogP contribution in [0, 0.1) is 11.6 Å². The number of rotatable bonds is 5. The first-order chi connectivity index (χ1) is 12.3. The van der Waals surface area contributed by atoms with Crippen LogP contribution in [0.25, 0.3) is 0 Å². The molecule has 148 valence electrons. The summed E-state index contributed by atoms with van der Waals surface area (Å²) in [6.07, 6.45) is -3.83. The number of carbonyl (C=O) groups excluding carboxylic acids is 1. The molecule has 2 rings (SSSR count). The minimum absolute atomic E-state index is 0.0895. The third-order valence-corrected chi connectivity index (χ3v) is 5.03. The first-order valence-electron chi connectivity index (χ1n) is 7.33. The lowest BCUT2D eigenvalue weighted by molar-refractivity contribution is -0.147. The Labute approximate surface area is 151 Å². The predicted octanol–water partition coefficient (Wildman–Crippen LogP) is 2.78. The normalized spacial score (nSPS) is 13.4. The number of carbonyl (C=O) groups is 1. The Morgan fingerprint density at radius 2 is 1.78 bits per heavy atom. The van der Waals surface area contributed by atoms with E-state index in [2.05, 4.69) is 5.32 Å². The summed E-state index contributed by atoms with van der Waals surface area (Å²) in [5.41, 5.74) is -0.312. The van der Waals surface area contributed by atoms with Crippen molar-refractivity contribution in [2.75, 3.05) is 5.32 Å². The maximum atomic E-state index is 13.2. The number of benzene rings is 1. The molecule has 0 aliphatic rings. The van der Waals surface area contributed by atoms with Crippen molar-refractivity contribution in [2.24, 2.45) is 7.05 Å². The van der Waals surface area contributed by atoms with Gasteiger partial charge in [-0.3, -0.25) is 4.79 Å². The quantitative estimate of drug-likeness (QED) is 0.743. The summed E-state index contributed by atoms with van der Waals surface area (Å²) in [5.74, 6) is -3.19. The molecule has 0 radical (unpaired) electrons. The zero-order chi connectivity index (χ0) is 20.6. The van der Waals surface area contributed by atoms with Gasteiger partial charge in [0.05, 0.1) is 0 Å². The lowest BCUT2D eigenvalue weighted by Crippen LogP contribution is -2.42. The molecule has 1 heterocycles. The molecule has 0 saturated carbocycles. The Kier molecular flexibility index (Phi) is 5.61. The van der Waals surface area contributed by atoms with Gasteiger partial charge in [-0.2, -0.15) is 17.9 Å². The molecule has 2 N–H and O–H groups in total. The molecule has 1 aromatic heterocycles. The number of nitrogens with one attached hydrogen (secondary N) is 2. The van der Waals surface area contributed by atoms with E-state index in [1.54, 1.807) is 0 Å². The van der Waals surface area contributed by atoms with Crippen molar-refractivity contribution < 1.29 is 35.2 Å². The Balaban J connectivity index is 2.24. The molecule has 1 atom stereocenters. The molecule has 0 saturated heterocycles. The monoisotopic (exact) mass is 411 g/mol. The lowest BCUT2D eigenvalue weighted by Gasteiger charge is -2.16. The SMILES string of the molecule is CC(NS(=O)(=O)c1cc(C(=O)Nc2ccc(F)c(F)c2)n(C)c1)C(F)(F)F. The van der Waals surface area contributed by atoms with Crippen molar-refractivity contribution in [3.8, 4) is 0 Å². The number of aryl methyl sites for hydroxylation is 1. The average molecular weight is 411 g/mol. The molecule has 0 bridgehead atoms. The van der Waals surface area contributed by atoms with Gasteiger partial charge in [0.15, 0.2) is 11.6 Å². The minimum atomic E-state index is -4.78. The van der Waals surface area contributed by atoms with Gasteiger partial charge in [0.1, 0.15) is 16.6 Å². The minimum Gasteiger partial charge on any atom is -0.345 e. The van der Waals surface area contributed by atoms with E-state index in [0.29, 0.717) is 6.92 Å². The number of aromatic nitrogens is 1. The molecule has 2 aromatic rings. The van der Waals surface area contributed by atoms with Crippen molar-refractivity contribution in [3.05, 3.63) is 47.8 Å². The molecule has 0 aliphatic carbocycles. The molecule has 12 heteroatoms. The molecular formula is C15H14F5N3O3S. The van der Waals surface area contributed by atoms with Gasteiger partial charge in [-0.1, -0.05) is 0 Å². The van der Waals surface area contributed by atoms with Crippen LogP contribution in [0.15, 0.2) is 35.4 Å². The average Bonchev–Trinajstić information content (AvgIpc) is 2.92. The molecule has 0 aliphatic heterocycles. The number of hydrogen-bond donors (Lipinski definition) is 2. The third kappa shape index (κ3) is 4.83. The van der Waals surface area contributed by atoms with E-state index in [4.69, 9.17) is 0 Å². The van der Waals surface area contributed by atoms with Crippen LogP contribution in [0.3, 0.4) is 0 Å². The maximum absolute atomic E-state index is 13.2. The smallest absolute Gasteiger partial charge is 0.345 e. The van der Waals surface area contributed by atoms with E-state index >= 15 is 0 Å². The summed E-state index contributed by atoms with van der Waals surface area (Å²) in [6, 6.07) is 1.13. The molecule has 1 amide bonds. The molecular weight excluding hydrogens is 397 g/mol. The van der Waals surface area contributed by atoms with E-state index in [-0.39, 0.29) is 11.4 Å². The second-order valence-corrected chi connectivity index (χ2v) is 7.35. The Morgan fingerprint density at radius 3 is 2.33 bits per heavy atom. The van der Waals surface area contributed by atoms with Gasteiger partial charge < -0.3 is 9.88 Å². The Hall–Kier alpha value is -2.47. The first kappa shape index (κ1) is 20.8. The fourth-order valence-corrected chi connectivity index (χ4v) is 3.34. The van der Waals surface area contributed by atoms with Crippen LogP contribution in [0.2, 0.25) is 0 Å². The summed E-state index contributed by atoms with van der Waals surface area (Å²) >= 11 is 0. The molecule has 0 spiro atoms.